The highest BCUT2D eigenvalue weighted by Gasteiger charge is 2.15. The van der Waals surface area contributed by atoms with Gasteiger partial charge in [0.2, 0.25) is 0 Å². The molecule has 0 unspecified atom stereocenters. The molecule has 1 N–H and O–H groups in total. The minimum Gasteiger partial charge on any atom is -0.490 e. The second-order valence-electron chi connectivity index (χ2n) is 6.80. The lowest BCUT2D eigenvalue weighted by Crippen LogP contribution is -2.13. The van der Waals surface area contributed by atoms with Crippen molar-refractivity contribution < 1.29 is 9.53 Å². The molecule has 3 nitrogen and oxygen atoms in total. The summed E-state index contributed by atoms with van der Waals surface area (Å²) < 4.78 is 5.74. The number of carbonyl (C=O) groups excluding carboxylic acids is 1. The number of benzene rings is 2. The van der Waals surface area contributed by atoms with Crippen molar-refractivity contribution in [2.24, 2.45) is 0 Å². The third kappa shape index (κ3) is 6.44. The van der Waals surface area contributed by atoms with Gasteiger partial charge in [0.25, 0.3) is 5.91 Å². The fourth-order valence-electron chi connectivity index (χ4n) is 2.86. The van der Waals surface area contributed by atoms with Gasteiger partial charge in [-0.3, -0.25) is 4.79 Å². The zero-order chi connectivity index (χ0) is 19.8. The summed E-state index contributed by atoms with van der Waals surface area (Å²) in [6, 6.07) is 9.06. The Hall–Kier alpha value is -1.71. The van der Waals surface area contributed by atoms with Crippen LogP contribution in [0.5, 0.6) is 5.75 Å². The quantitative estimate of drug-likeness (QED) is 0.445. The second kappa shape index (κ2) is 10.6. The van der Waals surface area contributed by atoms with Crippen molar-refractivity contribution in [1.82, 2.24) is 0 Å². The Kier molecular flexibility index (Phi) is 8.46. The monoisotopic (exact) mass is 407 g/mol. The van der Waals surface area contributed by atoms with E-state index in [4.69, 9.17) is 27.9 Å². The molecule has 0 aliphatic carbocycles. The predicted molar refractivity (Wildman–Crippen MR) is 115 cm³/mol. The van der Waals surface area contributed by atoms with Crippen LogP contribution in [0.3, 0.4) is 0 Å². The zero-order valence-corrected chi connectivity index (χ0v) is 17.7. The SMILES string of the molecule is CCCCCCCOc1c(Cl)cc(C(=O)Nc2ccc(C)cc2C)cc1Cl. The van der Waals surface area contributed by atoms with Gasteiger partial charge in [-0.25, -0.2) is 0 Å². The third-order valence-corrected chi connectivity index (χ3v) is 4.95. The number of amides is 1. The molecule has 0 radical (unpaired) electrons. The lowest BCUT2D eigenvalue weighted by atomic mass is 10.1. The van der Waals surface area contributed by atoms with Crippen LogP contribution in [-0.4, -0.2) is 12.5 Å². The molecule has 0 saturated heterocycles. The highest BCUT2D eigenvalue weighted by molar-refractivity contribution is 6.37. The summed E-state index contributed by atoms with van der Waals surface area (Å²) in [5, 5.41) is 3.60. The van der Waals surface area contributed by atoms with Gasteiger partial charge in [-0.1, -0.05) is 73.5 Å². The normalized spacial score (nSPS) is 10.7. The molecule has 0 aliphatic heterocycles. The molecule has 27 heavy (non-hydrogen) atoms. The van der Waals surface area contributed by atoms with Crippen LogP contribution in [0.25, 0.3) is 0 Å². The van der Waals surface area contributed by atoms with Crippen molar-refractivity contribution in [3.05, 3.63) is 57.1 Å². The predicted octanol–water partition coefficient (Wildman–Crippen LogP) is 7.21. The van der Waals surface area contributed by atoms with Gasteiger partial charge in [0.15, 0.2) is 5.75 Å². The summed E-state index contributed by atoms with van der Waals surface area (Å²) in [5.74, 6) is 0.189. The number of halogens is 2. The Balaban J connectivity index is 2.01. The smallest absolute Gasteiger partial charge is 0.255 e. The average Bonchev–Trinajstić information content (AvgIpc) is 2.62. The maximum atomic E-state index is 12.6. The van der Waals surface area contributed by atoms with E-state index in [1.807, 2.05) is 32.0 Å². The Morgan fingerprint density at radius 1 is 1.00 bits per heavy atom. The first-order valence-electron chi connectivity index (χ1n) is 9.42. The maximum Gasteiger partial charge on any atom is 0.255 e. The van der Waals surface area contributed by atoms with Crippen molar-refractivity contribution in [3.63, 3.8) is 0 Å². The average molecular weight is 408 g/mol. The minimum atomic E-state index is -0.253. The van der Waals surface area contributed by atoms with Gasteiger partial charge in [0.05, 0.1) is 16.7 Å². The van der Waals surface area contributed by atoms with Crippen LogP contribution < -0.4 is 10.1 Å². The first kappa shape index (κ1) is 21.6. The summed E-state index contributed by atoms with van der Waals surface area (Å²) in [6.07, 6.45) is 5.75. The van der Waals surface area contributed by atoms with E-state index in [-0.39, 0.29) is 5.91 Å². The van der Waals surface area contributed by atoms with Gasteiger partial charge in [0.1, 0.15) is 0 Å². The molecule has 0 aliphatic rings. The number of anilines is 1. The van der Waals surface area contributed by atoms with E-state index in [1.54, 1.807) is 12.1 Å². The number of ether oxygens (including phenoxy) is 1. The lowest BCUT2D eigenvalue weighted by molar-refractivity contribution is 0.102. The Labute approximate surface area is 172 Å². The molecule has 0 fully saturated rings. The highest BCUT2D eigenvalue weighted by Crippen LogP contribution is 2.34. The molecule has 0 aromatic heterocycles. The Morgan fingerprint density at radius 2 is 1.67 bits per heavy atom. The molecule has 5 heteroatoms. The molecule has 0 bridgehead atoms. The number of carbonyl (C=O) groups is 1. The van der Waals surface area contributed by atoms with Crippen LogP contribution in [0.4, 0.5) is 5.69 Å². The summed E-state index contributed by atoms with van der Waals surface area (Å²) in [6.45, 7) is 6.73. The van der Waals surface area contributed by atoms with E-state index >= 15 is 0 Å². The van der Waals surface area contributed by atoms with Gasteiger partial charge in [-0.2, -0.15) is 0 Å². The van der Waals surface area contributed by atoms with E-state index in [0.29, 0.717) is 28.0 Å². The molecular formula is C22H27Cl2NO2. The van der Waals surface area contributed by atoms with Crippen LogP contribution in [0.2, 0.25) is 10.0 Å². The molecule has 146 valence electrons. The first-order valence-corrected chi connectivity index (χ1v) is 10.2. The standard InChI is InChI=1S/C22H27Cl2NO2/c1-4-5-6-7-8-11-27-21-18(23)13-17(14-19(21)24)22(26)25-20-10-9-15(2)12-16(20)3/h9-10,12-14H,4-8,11H2,1-3H3,(H,25,26). The maximum absolute atomic E-state index is 12.6. The molecular weight excluding hydrogens is 381 g/mol. The van der Waals surface area contributed by atoms with Crippen LogP contribution in [0.1, 0.15) is 60.5 Å². The number of hydrogen-bond donors (Lipinski definition) is 1. The van der Waals surface area contributed by atoms with Gasteiger partial charge < -0.3 is 10.1 Å². The lowest BCUT2D eigenvalue weighted by Gasteiger charge is -2.13. The summed E-state index contributed by atoms with van der Waals surface area (Å²) in [7, 11) is 0. The molecule has 0 spiro atoms. The second-order valence-corrected chi connectivity index (χ2v) is 7.62. The van der Waals surface area contributed by atoms with Crippen molar-refractivity contribution in [2.45, 2.75) is 52.9 Å². The van der Waals surface area contributed by atoms with E-state index in [1.165, 1.54) is 19.3 Å². The number of rotatable bonds is 9. The summed E-state index contributed by atoms with van der Waals surface area (Å²) >= 11 is 12.6. The van der Waals surface area contributed by atoms with E-state index in [2.05, 4.69) is 12.2 Å². The largest absolute Gasteiger partial charge is 0.490 e. The van der Waals surface area contributed by atoms with Crippen molar-refractivity contribution in [1.29, 1.82) is 0 Å². The Bertz CT molecular complexity index is 767. The van der Waals surface area contributed by atoms with Crippen molar-refractivity contribution >= 4 is 34.8 Å². The highest BCUT2D eigenvalue weighted by atomic mass is 35.5. The molecule has 0 atom stereocenters. The van der Waals surface area contributed by atoms with Crippen LogP contribution in [-0.2, 0) is 0 Å². The van der Waals surface area contributed by atoms with Gasteiger partial charge in [0, 0.05) is 11.3 Å². The number of nitrogens with one attached hydrogen (secondary N) is 1. The van der Waals surface area contributed by atoms with Gasteiger partial charge in [-0.15, -0.1) is 0 Å². The topological polar surface area (TPSA) is 38.3 Å². The third-order valence-electron chi connectivity index (χ3n) is 4.38. The zero-order valence-electron chi connectivity index (χ0n) is 16.2. The summed E-state index contributed by atoms with van der Waals surface area (Å²) in [4.78, 5) is 12.6. The van der Waals surface area contributed by atoms with E-state index in [9.17, 15) is 4.79 Å². The van der Waals surface area contributed by atoms with Gasteiger partial charge in [-0.05, 0) is 44.0 Å². The molecule has 0 heterocycles. The van der Waals surface area contributed by atoms with Gasteiger partial charge >= 0.3 is 0 Å². The van der Waals surface area contributed by atoms with Crippen molar-refractivity contribution in [3.8, 4) is 5.75 Å². The van der Waals surface area contributed by atoms with Crippen LogP contribution in [0, 0.1) is 13.8 Å². The Morgan fingerprint density at radius 3 is 2.30 bits per heavy atom. The molecule has 1 amide bonds. The van der Waals surface area contributed by atoms with E-state index in [0.717, 1.165) is 29.7 Å². The fourth-order valence-corrected chi connectivity index (χ4v) is 3.45. The fraction of sp³-hybridized carbons (Fsp3) is 0.409. The molecule has 2 rings (SSSR count). The van der Waals surface area contributed by atoms with E-state index < -0.39 is 0 Å². The number of aryl methyl sites for hydroxylation is 2. The number of unbranched alkanes of at least 4 members (excludes halogenated alkanes) is 4. The van der Waals surface area contributed by atoms with Crippen molar-refractivity contribution in [2.75, 3.05) is 11.9 Å². The number of hydrogen-bond acceptors (Lipinski definition) is 2. The molecule has 2 aromatic carbocycles. The van der Waals surface area contributed by atoms with Crippen LogP contribution >= 0.6 is 23.2 Å². The molecule has 0 saturated carbocycles. The minimum absolute atomic E-state index is 0.253. The van der Waals surface area contributed by atoms with Crippen LogP contribution in [0.15, 0.2) is 30.3 Å². The first-order chi connectivity index (χ1) is 12.9. The summed E-state index contributed by atoms with van der Waals surface area (Å²) in [5.41, 5.74) is 3.32. The molecule has 2 aromatic rings.